The maximum Gasteiger partial charge on any atom is 0.164 e. The molecule has 9 aromatic carbocycles. The number of benzene rings is 9. The van der Waals surface area contributed by atoms with Crippen molar-refractivity contribution in [2.24, 2.45) is 0 Å². The molecule has 6 nitrogen and oxygen atoms in total. The first kappa shape index (κ1) is 39.1. The minimum absolute atomic E-state index is 0.608. The number of aromatic nitrogens is 6. The molecule has 0 aliphatic rings. The Balaban J connectivity index is 0.938. The van der Waals surface area contributed by atoms with Crippen molar-refractivity contribution >= 4 is 38.1 Å². The summed E-state index contributed by atoms with van der Waals surface area (Å²) < 4.78 is 4.47. The molecule has 0 N–H and O–H groups in total. The van der Waals surface area contributed by atoms with E-state index in [0.29, 0.717) is 17.5 Å². The maximum atomic E-state index is 5.43. The van der Waals surface area contributed by atoms with Gasteiger partial charge in [-0.1, -0.05) is 206 Å². The van der Waals surface area contributed by atoms with Crippen LogP contribution in [0.3, 0.4) is 0 Å². The van der Waals surface area contributed by atoms with Crippen LogP contribution in [-0.2, 0) is 0 Å². The van der Waals surface area contributed by atoms with Gasteiger partial charge in [-0.3, -0.25) is 0 Å². The molecule has 0 radical (unpaired) electrons. The first-order valence-electron chi connectivity index (χ1n) is 22.9. The lowest BCUT2D eigenvalue weighted by Gasteiger charge is -2.13. The van der Waals surface area contributed by atoms with Gasteiger partial charge in [-0.2, -0.15) is 5.10 Å². The van der Waals surface area contributed by atoms with E-state index in [1.54, 1.807) is 0 Å². The highest BCUT2D eigenvalue weighted by molar-refractivity contribution is 6.10. The van der Waals surface area contributed by atoms with Crippen LogP contribution in [-0.4, -0.2) is 29.1 Å². The van der Waals surface area contributed by atoms with Crippen molar-refractivity contribution in [3.05, 3.63) is 243 Å². The van der Waals surface area contributed by atoms with E-state index in [1.807, 2.05) is 30.3 Å². The second kappa shape index (κ2) is 16.3. The van der Waals surface area contributed by atoms with Gasteiger partial charge < -0.3 is 4.57 Å². The van der Waals surface area contributed by atoms with E-state index in [1.165, 1.54) is 10.8 Å². The fourth-order valence-corrected chi connectivity index (χ4v) is 9.75. The van der Waals surface area contributed by atoms with E-state index >= 15 is 0 Å². The smallest absolute Gasteiger partial charge is 0.164 e. The van der Waals surface area contributed by atoms with E-state index in [9.17, 15) is 0 Å². The standard InChI is InChI=1S/C62H40N6/c1-5-18-42(19-6-1)56-40-48-37-36-47(39-53(48)59-57(43-20-7-2-8-21-43)58(66-68(56)59)44-22-9-3-10-23-44)41-32-34-46(35-33-41)61-63-60(45-24-11-4-12-25-45)64-62(65-61)49-26-17-27-50(38-49)67-54-30-15-13-28-51(54)52-29-14-16-31-55(52)67/h1-40H. The Hall–Kier alpha value is -9.26. The topological polar surface area (TPSA) is 60.9 Å². The zero-order valence-corrected chi connectivity index (χ0v) is 36.8. The molecule has 0 saturated carbocycles. The summed E-state index contributed by atoms with van der Waals surface area (Å²) in [5.74, 6) is 1.84. The van der Waals surface area contributed by atoms with E-state index in [0.717, 1.165) is 94.5 Å². The zero-order valence-electron chi connectivity index (χ0n) is 36.8. The number of nitrogens with zero attached hydrogens (tertiary/aromatic N) is 6. The summed E-state index contributed by atoms with van der Waals surface area (Å²) in [6.07, 6.45) is 0. The molecule has 13 rings (SSSR count). The van der Waals surface area contributed by atoms with Gasteiger partial charge in [0.25, 0.3) is 0 Å². The van der Waals surface area contributed by atoms with Crippen LogP contribution in [0, 0.1) is 0 Å². The third kappa shape index (κ3) is 6.74. The van der Waals surface area contributed by atoms with Crippen molar-refractivity contribution < 1.29 is 0 Å². The molecular formula is C62H40N6. The molecule has 13 aromatic rings. The molecular weight excluding hydrogens is 829 g/mol. The van der Waals surface area contributed by atoms with Crippen molar-refractivity contribution in [3.8, 4) is 84.6 Å². The Labute approximate surface area is 392 Å². The number of para-hydroxylation sites is 2. The predicted molar refractivity (Wildman–Crippen MR) is 278 cm³/mol. The SMILES string of the molecule is c1ccc(-c2nc(-c3ccc(-c4ccc5cc(-c6ccccc6)n6nc(-c7ccccc7)c(-c7ccccc7)c6c5c4)cc3)nc(-c3cccc(-n4c5ccccc5c5ccccc54)c3)n2)cc1. The van der Waals surface area contributed by atoms with Crippen LogP contribution in [0.15, 0.2) is 243 Å². The molecule has 0 fully saturated rings. The summed E-state index contributed by atoms with van der Waals surface area (Å²) in [6.45, 7) is 0. The molecule has 0 aliphatic heterocycles. The van der Waals surface area contributed by atoms with Crippen molar-refractivity contribution in [2.75, 3.05) is 0 Å². The maximum absolute atomic E-state index is 5.43. The van der Waals surface area contributed by atoms with E-state index < -0.39 is 0 Å². The van der Waals surface area contributed by atoms with E-state index in [-0.39, 0.29) is 0 Å². The lowest BCUT2D eigenvalue weighted by molar-refractivity contribution is 0.979. The number of fused-ring (bicyclic) bond motifs is 6. The Kier molecular flexibility index (Phi) is 9.39. The summed E-state index contributed by atoms with van der Waals surface area (Å²) in [5.41, 5.74) is 15.7. The third-order valence-electron chi connectivity index (χ3n) is 13.0. The van der Waals surface area contributed by atoms with Gasteiger partial charge in [0.2, 0.25) is 0 Å². The molecule has 4 aromatic heterocycles. The summed E-state index contributed by atoms with van der Waals surface area (Å²) in [7, 11) is 0. The van der Waals surface area contributed by atoms with E-state index in [4.69, 9.17) is 20.1 Å². The molecule has 0 atom stereocenters. The fraction of sp³-hybridized carbons (Fsp3) is 0. The zero-order chi connectivity index (χ0) is 45.0. The van der Waals surface area contributed by atoms with Crippen molar-refractivity contribution in [3.63, 3.8) is 0 Å². The van der Waals surface area contributed by atoms with Crippen LogP contribution >= 0.6 is 0 Å². The number of hydrogen-bond acceptors (Lipinski definition) is 4. The summed E-state index contributed by atoms with van der Waals surface area (Å²) in [5, 5.41) is 10.1. The molecule has 4 heterocycles. The Morgan fingerprint density at radius 3 is 1.43 bits per heavy atom. The van der Waals surface area contributed by atoms with Crippen LogP contribution in [0.4, 0.5) is 0 Å². The molecule has 6 heteroatoms. The average Bonchev–Trinajstić information content (AvgIpc) is 3.99. The highest BCUT2D eigenvalue weighted by Crippen LogP contribution is 2.42. The molecule has 0 unspecified atom stereocenters. The van der Waals surface area contributed by atoms with Gasteiger partial charge >= 0.3 is 0 Å². The van der Waals surface area contributed by atoms with Gasteiger partial charge in [-0.15, -0.1) is 0 Å². The van der Waals surface area contributed by atoms with Crippen molar-refractivity contribution in [1.82, 2.24) is 29.1 Å². The normalized spacial score (nSPS) is 11.5. The molecule has 0 saturated heterocycles. The Morgan fingerprint density at radius 1 is 0.309 bits per heavy atom. The van der Waals surface area contributed by atoms with Crippen LogP contribution < -0.4 is 0 Å². The first-order valence-corrected chi connectivity index (χ1v) is 22.9. The quantitative estimate of drug-likeness (QED) is 0.153. The highest BCUT2D eigenvalue weighted by Gasteiger charge is 2.22. The van der Waals surface area contributed by atoms with Crippen LogP contribution in [0.1, 0.15) is 0 Å². The lowest BCUT2D eigenvalue weighted by atomic mass is 9.95. The average molecular weight is 869 g/mol. The minimum Gasteiger partial charge on any atom is -0.309 e. The Bertz CT molecular complexity index is 3940. The van der Waals surface area contributed by atoms with E-state index in [2.05, 4.69) is 221 Å². The van der Waals surface area contributed by atoms with Crippen molar-refractivity contribution in [1.29, 1.82) is 0 Å². The second-order valence-corrected chi connectivity index (χ2v) is 17.1. The predicted octanol–water partition coefficient (Wildman–Crippen LogP) is 15.4. The van der Waals surface area contributed by atoms with Gasteiger partial charge in [0.1, 0.15) is 5.69 Å². The monoisotopic (exact) mass is 868 g/mol. The molecule has 0 aliphatic carbocycles. The van der Waals surface area contributed by atoms with Crippen LogP contribution in [0.25, 0.3) is 123 Å². The highest BCUT2D eigenvalue weighted by atomic mass is 15.2. The molecule has 68 heavy (non-hydrogen) atoms. The van der Waals surface area contributed by atoms with Crippen LogP contribution in [0.5, 0.6) is 0 Å². The lowest BCUT2D eigenvalue weighted by Crippen LogP contribution is -2.01. The fourth-order valence-electron chi connectivity index (χ4n) is 9.75. The molecule has 0 amide bonds. The second-order valence-electron chi connectivity index (χ2n) is 17.1. The third-order valence-corrected chi connectivity index (χ3v) is 13.0. The van der Waals surface area contributed by atoms with Gasteiger partial charge in [0, 0.05) is 55.2 Å². The Morgan fingerprint density at radius 2 is 0.794 bits per heavy atom. The molecule has 0 bridgehead atoms. The van der Waals surface area contributed by atoms with Gasteiger partial charge in [0.15, 0.2) is 17.5 Å². The van der Waals surface area contributed by atoms with Crippen molar-refractivity contribution in [2.45, 2.75) is 0 Å². The largest absolute Gasteiger partial charge is 0.309 e. The van der Waals surface area contributed by atoms with Gasteiger partial charge in [-0.25, -0.2) is 19.5 Å². The minimum atomic E-state index is 0.608. The number of rotatable bonds is 8. The summed E-state index contributed by atoms with van der Waals surface area (Å²) in [6, 6.07) is 85.1. The summed E-state index contributed by atoms with van der Waals surface area (Å²) >= 11 is 0. The summed E-state index contributed by atoms with van der Waals surface area (Å²) in [4.78, 5) is 15.4. The molecule has 318 valence electrons. The van der Waals surface area contributed by atoms with Gasteiger partial charge in [0.05, 0.1) is 22.2 Å². The van der Waals surface area contributed by atoms with Crippen LogP contribution in [0.2, 0.25) is 0 Å². The molecule has 0 spiro atoms. The number of hydrogen-bond donors (Lipinski definition) is 0. The number of pyridine rings is 1. The van der Waals surface area contributed by atoms with Gasteiger partial charge in [-0.05, 0) is 58.5 Å². The first-order chi connectivity index (χ1) is 33.7.